The van der Waals surface area contributed by atoms with Crippen LogP contribution in [0.5, 0.6) is 0 Å². The van der Waals surface area contributed by atoms with Crippen LogP contribution in [0.4, 0.5) is 4.39 Å². The molecule has 0 N–H and O–H groups in total. The molecule has 0 saturated carbocycles. The molecule has 0 aromatic carbocycles. The minimum atomic E-state index is -0.272. The molecular weight excluding hydrogens is 191 g/mol. The van der Waals surface area contributed by atoms with Crippen LogP contribution in [0.25, 0.3) is 11.0 Å². The molecule has 0 unspecified atom stereocenters. The van der Waals surface area contributed by atoms with Gasteiger partial charge < -0.3 is 4.57 Å². The summed E-state index contributed by atoms with van der Waals surface area (Å²) < 4.78 is 15.1. The highest BCUT2D eigenvalue weighted by atomic mass is 19.1. The van der Waals surface area contributed by atoms with Gasteiger partial charge in [0.1, 0.15) is 5.82 Å². The van der Waals surface area contributed by atoms with Crippen molar-refractivity contribution in [3.05, 3.63) is 29.3 Å². The molecule has 2 rings (SSSR count). The standard InChI is InChI=1S/C12H15FN2/c1-4-5-10-8(2)15(3)11-6-9(13)7-14-12(10)11/h6-7H,4-5H2,1-3H3. The summed E-state index contributed by atoms with van der Waals surface area (Å²) in [4.78, 5) is 4.19. The first-order valence-corrected chi connectivity index (χ1v) is 5.24. The number of aromatic nitrogens is 2. The fourth-order valence-corrected chi connectivity index (χ4v) is 2.02. The summed E-state index contributed by atoms with van der Waals surface area (Å²) in [7, 11) is 1.96. The van der Waals surface area contributed by atoms with Gasteiger partial charge in [0.2, 0.25) is 0 Å². The zero-order valence-corrected chi connectivity index (χ0v) is 9.34. The van der Waals surface area contributed by atoms with Crippen LogP contribution in [0.1, 0.15) is 24.6 Å². The maximum absolute atomic E-state index is 13.1. The van der Waals surface area contributed by atoms with Crippen LogP contribution < -0.4 is 0 Å². The molecule has 0 aliphatic heterocycles. The van der Waals surface area contributed by atoms with Crippen molar-refractivity contribution in [2.24, 2.45) is 7.05 Å². The average molecular weight is 206 g/mol. The van der Waals surface area contributed by atoms with E-state index in [1.165, 1.54) is 17.5 Å². The predicted octanol–water partition coefficient (Wildman–Crippen LogP) is 2.97. The second-order valence-corrected chi connectivity index (χ2v) is 3.89. The Kier molecular flexibility index (Phi) is 2.47. The Balaban J connectivity index is 2.75. The van der Waals surface area contributed by atoms with Crippen molar-refractivity contribution in [1.82, 2.24) is 9.55 Å². The highest BCUT2D eigenvalue weighted by molar-refractivity contribution is 5.81. The fourth-order valence-electron chi connectivity index (χ4n) is 2.02. The van der Waals surface area contributed by atoms with Crippen LogP contribution in [0.2, 0.25) is 0 Å². The normalized spacial score (nSPS) is 11.2. The maximum atomic E-state index is 13.1. The molecule has 0 spiro atoms. The second-order valence-electron chi connectivity index (χ2n) is 3.89. The summed E-state index contributed by atoms with van der Waals surface area (Å²) in [6.45, 7) is 4.20. The number of pyridine rings is 1. The SMILES string of the molecule is CCCc1c(C)n(C)c2cc(F)cnc12. The Labute approximate surface area is 88.7 Å². The molecule has 3 heteroatoms. The topological polar surface area (TPSA) is 17.8 Å². The Morgan fingerprint density at radius 2 is 2.20 bits per heavy atom. The molecule has 2 aromatic rings. The number of rotatable bonds is 2. The number of hydrogen-bond donors (Lipinski definition) is 0. The van der Waals surface area contributed by atoms with Crippen molar-refractivity contribution in [2.45, 2.75) is 26.7 Å². The molecule has 0 bridgehead atoms. The second kappa shape index (κ2) is 3.65. The van der Waals surface area contributed by atoms with Crippen LogP contribution in [0.3, 0.4) is 0 Å². The smallest absolute Gasteiger partial charge is 0.143 e. The van der Waals surface area contributed by atoms with E-state index < -0.39 is 0 Å². The van der Waals surface area contributed by atoms with Crippen molar-refractivity contribution >= 4 is 11.0 Å². The van der Waals surface area contributed by atoms with Crippen molar-refractivity contribution in [2.75, 3.05) is 0 Å². The fraction of sp³-hybridized carbons (Fsp3) is 0.417. The minimum Gasteiger partial charge on any atom is -0.346 e. The molecule has 0 aliphatic rings. The molecule has 2 nitrogen and oxygen atoms in total. The van der Waals surface area contributed by atoms with E-state index in [2.05, 4.69) is 18.8 Å². The number of nitrogens with zero attached hydrogens (tertiary/aromatic N) is 2. The lowest BCUT2D eigenvalue weighted by Gasteiger charge is -1.98. The van der Waals surface area contributed by atoms with E-state index >= 15 is 0 Å². The summed E-state index contributed by atoms with van der Waals surface area (Å²) in [5.74, 6) is -0.272. The summed E-state index contributed by atoms with van der Waals surface area (Å²) in [5.41, 5.74) is 4.26. The van der Waals surface area contributed by atoms with Crippen LogP contribution in [0.15, 0.2) is 12.3 Å². The third-order valence-electron chi connectivity index (χ3n) is 2.92. The first kappa shape index (κ1) is 10.1. The molecule has 0 aliphatic carbocycles. The van der Waals surface area contributed by atoms with E-state index in [-0.39, 0.29) is 5.82 Å². The lowest BCUT2D eigenvalue weighted by Crippen LogP contribution is -1.92. The monoisotopic (exact) mass is 206 g/mol. The van der Waals surface area contributed by atoms with E-state index in [0.29, 0.717) is 0 Å². The van der Waals surface area contributed by atoms with Crippen molar-refractivity contribution in [1.29, 1.82) is 0 Å². The third kappa shape index (κ3) is 1.52. The first-order chi connectivity index (χ1) is 7.15. The van der Waals surface area contributed by atoms with Gasteiger partial charge in [-0.25, -0.2) is 4.39 Å². The first-order valence-electron chi connectivity index (χ1n) is 5.24. The average Bonchev–Trinajstić information content (AvgIpc) is 2.44. The lowest BCUT2D eigenvalue weighted by atomic mass is 10.1. The molecule has 0 saturated heterocycles. The molecule has 0 amide bonds. The van der Waals surface area contributed by atoms with Gasteiger partial charge in [0.15, 0.2) is 0 Å². The van der Waals surface area contributed by atoms with Gasteiger partial charge in [0.05, 0.1) is 17.2 Å². The van der Waals surface area contributed by atoms with Crippen LogP contribution in [-0.2, 0) is 13.5 Å². The van der Waals surface area contributed by atoms with E-state index in [1.54, 1.807) is 6.07 Å². The maximum Gasteiger partial charge on any atom is 0.143 e. The van der Waals surface area contributed by atoms with E-state index in [1.807, 2.05) is 11.6 Å². The molecule has 2 heterocycles. The summed E-state index contributed by atoms with van der Waals surface area (Å²) in [6.07, 6.45) is 3.38. The number of aryl methyl sites for hydroxylation is 2. The minimum absolute atomic E-state index is 0.272. The molecule has 0 fully saturated rings. The van der Waals surface area contributed by atoms with Gasteiger partial charge >= 0.3 is 0 Å². The lowest BCUT2D eigenvalue weighted by molar-refractivity contribution is 0.623. The van der Waals surface area contributed by atoms with Crippen molar-refractivity contribution in [3.63, 3.8) is 0 Å². The summed E-state index contributed by atoms with van der Waals surface area (Å²) in [6, 6.07) is 1.55. The quantitative estimate of drug-likeness (QED) is 0.738. The van der Waals surface area contributed by atoms with Crippen molar-refractivity contribution in [3.8, 4) is 0 Å². The zero-order chi connectivity index (χ0) is 11.0. The molecule has 0 atom stereocenters. The van der Waals surface area contributed by atoms with Crippen LogP contribution >= 0.6 is 0 Å². The number of halogens is 1. The van der Waals surface area contributed by atoms with Gasteiger partial charge in [-0.15, -0.1) is 0 Å². The van der Waals surface area contributed by atoms with Gasteiger partial charge in [0.25, 0.3) is 0 Å². The third-order valence-corrected chi connectivity index (χ3v) is 2.92. The van der Waals surface area contributed by atoms with Gasteiger partial charge in [-0.1, -0.05) is 13.3 Å². The highest BCUT2D eigenvalue weighted by Crippen LogP contribution is 2.24. The molecule has 80 valence electrons. The molecule has 0 radical (unpaired) electrons. The van der Waals surface area contributed by atoms with Gasteiger partial charge in [-0.3, -0.25) is 4.98 Å². The number of fused-ring (bicyclic) bond motifs is 1. The zero-order valence-electron chi connectivity index (χ0n) is 9.34. The van der Waals surface area contributed by atoms with Gasteiger partial charge in [0, 0.05) is 18.8 Å². The van der Waals surface area contributed by atoms with Crippen molar-refractivity contribution < 1.29 is 4.39 Å². The van der Waals surface area contributed by atoms with Crippen LogP contribution in [0, 0.1) is 12.7 Å². The Bertz CT molecular complexity index is 500. The van der Waals surface area contributed by atoms with Gasteiger partial charge in [-0.2, -0.15) is 0 Å². The molecular formula is C12H15FN2. The summed E-state index contributed by atoms with van der Waals surface area (Å²) >= 11 is 0. The van der Waals surface area contributed by atoms with E-state index in [0.717, 1.165) is 23.9 Å². The summed E-state index contributed by atoms with van der Waals surface area (Å²) in [5, 5.41) is 0. The molecule has 2 aromatic heterocycles. The van der Waals surface area contributed by atoms with Gasteiger partial charge in [-0.05, 0) is 18.9 Å². The Hall–Kier alpha value is -1.38. The Morgan fingerprint density at radius 1 is 1.47 bits per heavy atom. The molecule has 15 heavy (non-hydrogen) atoms. The van der Waals surface area contributed by atoms with Crippen LogP contribution in [-0.4, -0.2) is 9.55 Å². The predicted molar refractivity (Wildman–Crippen MR) is 59.4 cm³/mol. The largest absolute Gasteiger partial charge is 0.346 e. The van der Waals surface area contributed by atoms with E-state index in [9.17, 15) is 4.39 Å². The Morgan fingerprint density at radius 3 is 2.87 bits per heavy atom. The van der Waals surface area contributed by atoms with E-state index in [4.69, 9.17) is 0 Å². The number of hydrogen-bond acceptors (Lipinski definition) is 1. The highest BCUT2D eigenvalue weighted by Gasteiger charge is 2.12.